The van der Waals surface area contributed by atoms with Gasteiger partial charge in [-0.25, -0.2) is 14.1 Å². The van der Waals surface area contributed by atoms with E-state index in [0.29, 0.717) is 41.7 Å². The van der Waals surface area contributed by atoms with Crippen molar-refractivity contribution in [3.63, 3.8) is 0 Å². The Morgan fingerprint density at radius 2 is 1.68 bits per heavy atom. The van der Waals surface area contributed by atoms with Gasteiger partial charge in [0.15, 0.2) is 0 Å². The summed E-state index contributed by atoms with van der Waals surface area (Å²) in [5.41, 5.74) is 0.478. The summed E-state index contributed by atoms with van der Waals surface area (Å²) in [6.07, 6.45) is 0. The van der Waals surface area contributed by atoms with Crippen LogP contribution in [-0.2, 0) is 14.4 Å². The summed E-state index contributed by atoms with van der Waals surface area (Å²) in [6.45, 7) is 1.09. The maximum Gasteiger partial charge on any atom is 0.334 e. The zero-order valence-electron chi connectivity index (χ0n) is 13.6. The number of benzene rings is 1. The van der Waals surface area contributed by atoms with E-state index in [4.69, 9.17) is 0 Å². The lowest BCUT2D eigenvalue weighted by Crippen LogP contribution is -2.52. The van der Waals surface area contributed by atoms with E-state index in [2.05, 4.69) is 0 Å². The Morgan fingerprint density at radius 1 is 1.04 bits per heavy atom. The minimum absolute atomic E-state index is 0.322. The fourth-order valence-corrected chi connectivity index (χ4v) is 2.89. The van der Waals surface area contributed by atoms with Crippen molar-refractivity contribution in [2.45, 2.75) is 0 Å². The van der Waals surface area contributed by atoms with E-state index in [9.17, 15) is 23.6 Å². The quantitative estimate of drug-likeness (QED) is 0.563. The highest BCUT2D eigenvalue weighted by atomic mass is 19.1. The number of hydrogen-bond acceptors (Lipinski definition) is 5. The van der Waals surface area contributed by atoms with Crippen molar-refractivity contribution in [2.24, 2.45) is 0 Å². The largest absolute Gasteiger partial charge is 0.366 e. The van der Waals surface area contributed by atoms with Gasteiger partial charge in [0.2, 0.25) is 5.91 Å². The van der Waals surface area contributed by atoms with E-state index in [0.717, 1.165) is 0 Å². The van der Waals surface area contributed by atoms with E-state index >= 15 is 0 Å². The fourth-order valence-electron chi connectivity index (χ4n) is 2.89. The molecule has 5 amide bonds. The molecule has 2 fully saturated rings. The highest BCUT2D eigenvalue weighted by Gasteiger charge is 2.43. The summed E-state index contributed by atoms with van der Waals surface area (Å²) in [7, 11) is 1.19. The maximum atomic E-state index is 13.8. The minimum Gasteiger partial charge on any atom is -0.366 e. The molecule has 2 aliphatic rings. The van der Waals surface area contributed by atoms with Crippen LogP contribution >= 0.6 is 0 Å². The van der Waals surface area contributed by atoms with E-state index < -0.39 is 30.3 Å². The molecule has 0 aromatic heterocycles. The first-order chi connectivity index (χ1) is 11.9. The van der Waals surface area contributed by atoms with Gasteiger partial charge in [0, 0.05) is 33.2 Å². The summed E-state index contributed by atoms with van der Waals surface area (Å²) in [5, 5.41) is 0. The van der Waals surface area contributed by atoms with Crippen LogP contribution in [0.4, 0.5) is 14.9 Å². The number of hydrogen-bond donors (Lipinski definition) is 0. The van der Waals surface area contributed by atoms with Crippen LogP contribution in [0.3, 0.4) is 0 Å². The Hall–Kier alpha value is -2.97. The molecule has 2 aliphatic heterocycles. The van der Waals surface area contributed by atoms with Crippen molar-refractivity contribution in [3.8, 4) is 0 Å². The Kier molecular flexibility index (Phi) is 4.39. The molecule has 0 unspecified atom stereocenters. The lowest BCUT2D eigenvalue weighted by Gasteiger charge is -2.36. The Morgan fingerprint density at radius 3 is 2.24 bits per heavy atom. The molecule has 0 atom stereocenters. The van der Waals surface area contributed by atoms with Crippen LogP contribution in [0.1, 0.15) is 0 Å². The Balaban J connectivity index is 1.59. The average Bonchev–Trinajstić information content (AvgIpc) is 2.80. The number of carbonyl (C=O) groups is 4. The third-order valence-corrected chi connectivity index (χ3v) is 4.37. The number of halogens is 1. The van der Waals surface area contributed by atoms with E-state index in [1.54, 1.807) is 18.2 Å². The number of nitrogens with zero attached hydrogens (tertiary/aromatic N) is 4. The first-order valence-electron chi connectivity index (χ1n) is 7.81. The number of amides is 5. The van der Waals surface area contributed by atoms with Crippen LogP contribution in [0.15, 0.2) is 24.3 Å². The molecule has 132 valence electrons. The van der Waals surface area contributed by atoms with Gasteiger partial charge in [-0.05, 0) is 12.1 Å². The molecular formula is C16H17FN4O4. The molecule has 0 spiro atoms. The molecule has 9 heteroatoms. The van der Waals surface area contributed by atoms with Crippen LogP contribution in [0, 0.1) is 5.82 Å². The smallest absolute Gasteiger partial charge is 0.334 e. The van der Waals surface area contributed by atoms with Crippen LogP contribution < -0.4 is 4.90 Å². The first-order valence-corrected chi connectivity index (χ1v) is 7.81. The predicted molar refractivity (Wildman–Crippen MR) is 85.1 cm³/mol. The molecule has 2 heterocycles. The fraction of sp³-hybridized carbons (Fsp3) is 0.375. The van der Waals surface area contributed by atoms with Gasteiger partial charge in [-0.15, -0.1) is 0 Å². The lowest BCUT2D eigenvalue weighted by molar-refractivity contribution is -0.144. The Bertz CT molecular complexity index is 745. The molecular weight excluding hydrogens is 331 g/mol. The van der Waals surface area contributed by atoms with E-state index in [-0.39, 0.29) is 5.82 Å². The first kappa shape index (κ1) is 16.9. The normalized spacial score (nSPS) is 18.4. The number of urea groups is 1. The van der Waals surface area contributed by atoms with Gasteiger partial charge in [0.25, 0.3) is 0 Å². The van der Waals surface area contributed by atoms with Crippen molar-refractivity contribution < 1.29 is 23.6 Å². The van der Waals surface area contributed by atoms with Crippen molar-refractivity contribution in [3.05, 3.63) is 30.1 Å². The second-order valence-electron chi connectivity index (χ2n) is 5.86. The molecule has 0 radical (unpaired) electrons. The summed E-state index contributed by atoms with van der Waals surface area (Å²) in [5.74, 6) is -2.68. The number of likely N-dealkylation sites (N-methyl/N-ethyl adjacent to an activating group) is 1. The van der Waals surface area contributed by atoms with Gasteiger partial charge < -0.3 is 9.80 Å². The highest BCUT2D eigenvalue weighted by molar-refractivity contribution is 6.44. The number of carbonyl (C=O) groups excluding carboxylic acids is 4. The van der Waals surface area contributed by atoms with E-state index in [1.165, 1.54) is 18.0 Å². The molecule has 25 heavy (non-hydrogen) atoms. The molecule has 0 N–H and O–H groups in total. The third kappa shape index (κ3) is 3.04. The van der Waals surface area contributed by atoms with Gasteiger partial charge in [-0.2, -0.15) is 0 Å². The van der Waals surface area contributed by atoms with Gasteiger partial charge >= 0.3 is 17.8 Å². The standard InChI is InChI=1S/C16H17FN4O4/c1-18-14(23)15(24)21(16(18)25)10-13(22)20-8-6-19(7-9-20)12-5-3-2-4-11(12)17/h2-5H,6-10H2,1H3. The molecule has 0 saturated carbocycles. The molecule has 8 nitrogen and oxygen atoms in total. The topological polar surface area (TPSA) is 81.2 Å². The molecule has 3 rings (SSSR count). The number of imide groups is 2. The van der Waals surface area contributed by atoms with Crippen molar-refractivity contribution in [2.75, 3.05) is 44.7 Å². The SMILES string of the molecule is CN1C(=O)C(=O)N(CC(=O)N2CCN(c3ccccc3F)CC2)C1=O. The van der Waals surface area contributed by atoms with Gasteiger partial charge in [0.05, 0.1) is 5.69 Å². The summed E-state index contributed by atoms with van der Waals surface area (Å²) in [4.78, 5) is 52.0. The summed E-state index contributed by atoms with van der Waals surface area (Å²) < 4.78 is 13.8. The van der Waals surface area contributed by atoms with Crippen molar-refractivity contribution >= 4 is 29.4 Å². The van der Waals surface area contributed by atoms with Crippen LogP contribution in [0.25, 0.3) is 0 Å². The number of piperazine rings is 1. The number of anilines is 1. The Labute approximate surface area is 143 Å². The average molecular weight is 348 g/mol. The molecule has 1 aromatic rings. The van der Waals surface area contributed by atoms with Crippen LogP contribution in [-0.4, -0.2) is 78.2 Å². The zero-order valence-corrected chi connectivity index (χ0v) is 13.6. The second kappa shape index (κ2) is 6.50. The summed E-state index contributed by atoms with van der Waals surface area (Å²) >= 11 is 0. The summed E-state index contributed by atoms with van der Waals surface area (Å²) in [6, 6.07) is 5.61. The zero-order chi connectivity index (χ0) is 18.1. The van der Waals surface area contributed by atoms with Crippen LogP contribution in [0.2, 0.25) is 0 Å². The van der Waals surface area contributed by atoms with Gasteiger partial charge in [0.1, 0.15) is 12.4 Å². The molecule has 1 aromatic carbocycles. The van der Waals surface area contributed by atoms with Gasteiger partial charge in [-0.1, -0.05) is 12.1 Å². The highest BCUT2D eigenvalue weighted by Crippen LogP contribution is 2.20. The second-order valence-corrected chi connectivity index (χ2v) is 5.86. The minimum atomic E-state index is -0.995. The molecule has 2 saturated heterocycles. The van der Waals surface area contributed by atoms with Crippen molar-refractivity contribution in [1.82, 2.24) is 14.7 Å². The number of para-hydroxylation sites is 1. The van der Waals surface area contributed by atoms with Gasteiger partial charge in [-0.3, -0.25) is 19.3 Å². The molecule has 0 aliphatic carbocycles. The maximum absolute atomic E-state index is 13.8. The van der Waals surface area contributed by atoms with Crippen molar-refractivity contribution in [1.29, 1.82) is 0 Å². The number of rotatable bonds is 3. The monoisotopic (exact) mass is 348 g/mol. The predicted octanol–water partition coefficient (Wildman–Crippen LogP) is -0.105. The molecule has 0 bridgehead atoms. The van der Waals surface area contributed by atoms with E-state index in [1.807, 2.05) is 4.90 Å². The lowest BCUT2D eigenvalue weighted by atomic mass is 10.2. The third-order valence-electron chi connectivity index (χ3n) is 4.37. The van der Waals surface area contributed by atoms with Crippen LogP contribution in [0.5, 0.6) is 0 Å².